The van der Waals surface area contributed by atoms with Crippen molar-refractivity contribution in [2.75, 3.05) is 19.4 Å². The van der Waals surface area contributed by atoms with Crippen LogP contribution in [0.15, 0.2) is 42.5 Å². The quantitative estimate of drug-likeness (QED) is 0.386. The van der Waals surface area contributed by atoms with Crippen molar-refractivity contribution < 1.29 is 27.5 Å². The summed E-state index contributed by atoms with van der Waals surface area (Å²) in [6.07, 6.45) is 1.53. The number of rotatable bonds is 11. The maximum atomic E-state index is 12.5. The fourth-order valence-electron chi connectivity index (χ4n) is 2.63. The Bertz CT molecular complexity index is 1020. The van der Waals surface area contributed by atoms with Crippen LogP contribution >= 0.6 is 11.3 Å². The van der Waals surface area contributed by atoms with Gasteiger partial charge in [0.05, 0.1) is 11.1 Å². The number of carbonyl (C=O) groups excluding carboxylic acids is 3. The Kier molecular flexibility index (Phi) is 8.90. The van der Waals surface area contributed by atoms with Gasteiger partial charge in [-0.1, -0.05) is 32.0 Å². The van der Waals surface area contributed by atoms with Gasteiger partial charge < -0.3 is 10.1 Å². The second kappa shape index (κ2) is 11.2. The largest absolute Gasteiger partial charge is 0.456 e. The van der Waals surface area contributed by atoms with Crippen molar-refractivity contribution in [1.82, 2.24) is 10.0 Å². The highest BCUT2D eigenvalue weighted by molar-refractivity contribution is 7.88. The van der Waals surface area contributed by atoms with E-state index in [1.165, 1.54) is 11.3 Å². The first-order valence-electron chi connectivity index (χ1n) is 9.66. The first-order valence-corrected chi connectivity index (χ1v) is 12.4. The maximum Gasteiger partial charge on any atom is 0.329 e. The number of hydrogen-bond acceptors (Lipinski definition) is 7. The number of ether oxygens (including phenoxy) is 1. The number of amides is 1. The van der Waals surface area contributed by atoms with Crippen LogP contribution < -0.4 is 10.0 Å². The minimum Gasteiger partial charge on any atom is -0.456 e. The summed E-state index contributed by atoms with van der Waals surface area (Å²) in [5.41, 5.74) is 0.425. The van der Waals surface area contributed by atoms with Crippen LogP contribution in [0.3, 0.4) is 0 Å². The van der Waals surface area contributed by atoms with Crippen molar-refractivity contribution in [3.8, 4) is 0 Å². The zero-order valence-corrected chi connectivity index (χ0v) is 19.2. The molecule has 1 heterocycles. The highest BCUT2D eigenvalue weighted by Crippen LogP contribution is 2.18. The number of thiophene rings is 1. The standard InChI is InChI=1S/C21H26N2O6S2/c1-14(2)19(23-20(25)15-7-5-4-6-8-15)21(26)29-13-17(24)18-10-9-16(30-18)11-12-22-31(3,27)28/h4-10,14,19,22H,11-13H2,1-3H3,(H,23,25)/t19-/m0/s1. The minimum absolute atomic E-state index is 0.231. The molecule has 2 rings (SSSR count). The number of benzene rings is 1. The van der Waals surface area contributed by atoms with Crippen LogP contribution in [0, 0.1) is 5.92 Å². The van der Waals surface area contributed by atoms with Gasteiger partial charge in [-0.25, -0.2) is 17.9 Å². The summed E-state index contributed by atoms with van der Waals surface area (Å²) in [5.74, 6) is -1.67. The molecule has 31 heavy (non-hydrogen) atoms. The third-order valence-electron chi connectivity index (χ3n) is 4.26. The molecule has 10 heteroatoms. The second-order valence-corrected chi connectivity index (χ2v) is 10.3. The fourth-order valence-corrected chi connectivity index (χ4v) is 4.04. The molecule has 0 aliphatic rings. The molecule has 168 valence electrons. The van der Waals surface area contributed by atoms with Gasteiger partial charge in [-0.05, 0) is 36.6 Å². The van der Waals surface area contributed by atoms with Gasteiger partial charge in [0.2, 0.25) is 15.8 Å². The van der Waals surface area contributed by atoms with Gasteiger partial charge in [-0.3, -0.25) is 9.59 Å². The first kappa shape index (κ1) is 24.7. The molecule has 0 unspecified atom stereocenters. The second-order valence-electron chi connectivity index (χ2n) is 7.27. The molecule has 1 amide bonds. The van der Waals surface area contributed by atoms with E-state index in [4.69, 9.17) is 4.74 Å². The van der Waals surface area contributed by atoms with Gasteiger partial charge in [-0.15, -0.1) is 11.3 Å². The van der Waals surface area contributed by atoms with Crippen LogP contribution in [0.4, 0.5) is 0 Å². The van der Waals surface area contributed by atoms with E-state index in [0.29, 0.717) is 16.9 Å². The average molecular weight is 467 g/mol. The molecule has 0 aliphatic carbocycles. The lowest BCUT2D eigenvalue weighted by Crippen LogP contribution is -2.45. The molecule has 0 saturated heterocycles. The zero-order chi connectivity index (χ0) is 23.0. The number of esters is 1. The lowest BCUT2D eigenvalue weighted by atomic mass is 10.0. The monoisotopic (exact) mass is 466 g/mol. The predicted molar refractivity (Wildman–Crippen MR) is 119 cm³/mol. The Morgan fingerprint density at radius 2 is 1.74 bits per heavy atom. The first-order chi connectivity index (χ1) is 14.6. The third kappa shape index (κ3) is 8.23. The van der Waals surface area contributed by atoms with Crippen LogP contribution in [0.1, 0.15) is 38.8 Å². The number of carbonyl (C=O) groups is 3. The van der Waals surface area contributed by atoms with Crippen LogP contribution in [-0.2, 0) is 26.0 Å². The number of sulfonamides is 1. The highest BCUT2D eigenvalue weighted by Gasteiger charge is 2.27. The SMILES string of the molecule is CC(C)[C@H](NC(=O)c1ccccc1)C(=O)OCC(=O)c1ccc(CCNS(C)(=O)=O)s1. The summed E-state index contributed by atoms with van der Waals surface area (Å²) >= 11 is 1.22. The molecule has 1 atom stereocenters. The summed E-state index contributed by atoms with van der Waals surface area (Å²) in [7, 11) is -3.26. The van der Waals surface area contributed by atoms with Crippen molar-refractivity contribution in [2.45, 2.75) is 26.3 Å². The number of hydrogen-bond donors (Lipinski definition) is 2. The topological polar surface area (TPSA) is 119 Å². The van der Waals surface area contributed by atoms with Crippen molar-refractivity contribution in [2.24, 2.45) is 5.92 Å². The summed E-state index contributed by atoms with van der Waals surface area (Å²) in [6.45, 7) is 3.34. The number of Topliss-reactive ketones (excluding diaryl/α,β-unsaturated/α-hetero) is 1. The molecule has 0 bridgehead atoms. The molecular formula is C21H26N2O6S2. The number of nitrogens with one attached hydrogen (secondary N) is 2. The Morgan fingerprint density at radius 3 is 2.35 bits per heavy atom. The summed E-state index contributed by atoms with van der Waals surface area (Å²) in [5, 5.41) is 2.66. The van der Waals surface area contributed by atoms with E-state index in [2.05, 4.69) is 10.0 Å². The molecule has 1 aromatic heterocycles. The summed E-state index contributed by atoms with van der Waals surface area (Å²) < 4.78 is 29.8. The smallest absolute Gasteiger partial charge is 0.329 e. The molecule has 8 nitrogen and oxygen atoms in total. The van der Waals surface area contributed by atoms with Crippen LogP contribution in [0.5, 0.6) is 0 Å². The molecular weight excluding hydrogens is 440 g/mol. The van der Waals surface area contributed by atoms with Crippen LogP contribution in [0.25, 0.3) is 0 Å². The van der Waals surface area contributed by atoms with E-state index in [-0.39, 0.29) is 18.2 Å². The summed E-state index contributed by atoms with van der Waals surface area (Å²) in [6, 6.07) is 11.0. The Labute approximate surface area is 186 Å². The van der Waals surface area contributed by atoms with Gasteiger partial charge in [-0.2, -0.15) is 0 Å². The van der Waals surface area contributed by atoms with Crippen molar-refractivity contribution in [3.63, 3.8) is 0 Å². The fraction of sp³-hybridized carbons (Fsp3) is 0.381. The third-order valence-corrected chi connectivity index (χ3v) is 6.18. The normalized spacial score (nSPS) is 12.4. The van der Waals surface area contributed by atoms with E-state index in [1.807, 2.05) is 0 Å². The Morgan fingerprint density at radius 1 is 1.06 bits per heavy atom. The van der Waals surface area contributed by atoms with Gasteiger partial charge in [0, 0.05) is 17.0 Å². The Balaban J connectivity index is 1.89. The van der Waals surface area contributed by atoms with Gasteiger partial charge in [0.1, 0.15) is 6.04 Å². The number of ketones is 1. The van der Waals surface area contributed by atoms with Crippen molar-refractivity contribution in [3.05, 3.63) is 57.8 Å². The molecule has 1 aromatic carbocycles. The van der Waals surface area contributed by atoms with Gasteiger partial charge in [0.15, 0.2) is 6.61 Å². The minimum atomic E-state index is -3.26. The predicted octanol–water partition coefficient (Wildman–Crippen LogP) is 2.02. The van der Waals surface area contributed by atoms with E-state index in [9.17, 15) is 22.8 Å². The van der Waals surface area contributed by atoms with E-state index in [1.54, 1.807) is 56.3 Å². The molecule has 2 N–H and O–H groups in total. The lowest BCUT2D eigenvalue weighted by molar-refractivity contribution is -0.145. The molecule has 0 aliphatic heterocycles. The van der Waals surface area contributed by atoms with E-state index in [0.717, 1.165) is 11.1 Å². The maximum absolute atomic E-state index is 12.5. The van der Waals surface area contributed by atoms with Gasteiger partial charge in [0.25, 0.3) is 5.91 Å². The summed E-state index contributed by atoms with van der Waals surface area (Å²) in [4.78, 5) is 38.4. The van der Waals surface area contributed by atoms with Crippen molar-refractivity contribution in [1.29, 1.82) is 0 Å². The van der Waals surface area contributed by atoms with Crippen LogP contribution in [0.2, 0.25) is 0 Å². The molecule has 0 saturated carbocycles. The Hall–Kier alpha value is -2.56. The highest BCUT2D eigenvalue weighted by atomic mass is 32.2. The average Bonchev–Trinajstić information content (AvgIpc) is 3.18. The van der Waals surface area contributed by atoms with Crippen LogP contribution in [-0.4, -0.2) is 51.5 Å². The molecule has 0 radical (unpaired) electrons. The van der Waals surface area contributed by atoms with E-state index >= 15 is 0 Å². The zero-order valence-electron chi connectivity index (χ0n) is 17.6. The van der Waals surface area contributed by atoms with Crippen molar-refractivity contribution >= 4 is 39.0 Å². The molecule has 0 fully saturated rings. The van der Waals surface area contributed by atoms with Gasteiger partial charge >= 0.3 is 5.97 Å². The molecule has 2 aromatic rings. The lowest BCUT2D eigenvalue weighted by Gasteiger charge is -2.20. The molecule has 0 spiro atoms. The van der Waals surface area contributed by atoms with E-state index < -0.39 is 34.5 Å².